The molecule has 2 rings (SSSR count). The van der Waals surface area contributed by atoms with Gasteiger partial charge in [-0.3, -0.25) is 4.98 Å². The van der Waals surface area contributed by atoms with Gasteiger partial charge in [0.25, 0.3) is 10.0 Å². The number of nitrogens with zero attached hydrogens (tertiary/aromatic N) is 2. The molecule has 0 spiro atoms. The molecule has 0 unspecified atom stereocenters. The summed E-state index contributed by atoms with van der Waals surface area (Å²) in [5, 5.41) is 8.88. The molecular weight excluding hydrogens is 296 g/mol. The lowest BCUT2D eigenvalue weighted by Gasteiger charge is -2.15. The van der Waals surface area contributed by atoms with E-state index < -0.39 is 10.0 Å². The number of thiophene rings is 1. The molecule has 0 aromatic carbocycles. The third-order valence-electron chi connectivity index (χ3n) is 2.79. The molecule has 5 nitrogen and oxygen atoms in total. The highest BCUT2D eigenvalue weighted by Crippen LogP contribution is 2.25. The minimum Gasteiger partial charge on any atom is -0.396 e. The van der Waals surface area contributed by atoms with Crippen LogP contribution in [0.4, 0.5) is 0 Å². The van der Waals surface area contributed by atoms with Crippen molar-refractivity contribution in [2.24, 2.45) is 0 Å². The summed E-state index contributed by atoms with van der Waals surface area (Å²) in [6.07, 6.45) is 3.78. The Labute approximate surface area is 122 Å². The zero-order valence-electron chi connectivity index (χ0n) is 11.1. The number of rotatable bonds is 6. The first kappa shape index (κ1) is 15.1. The van der Waals surface area contributed by atoms with Crippen LogP contribution in [0.5, 0.6) is 0 Å². The Morgan fingerprint density at radius 1 is 1.35 bits per heavy atom. The fourth-order valence-electron chi connectivity index (χ4n) is 1.73. The normalized spacial score (nSPS) is 11.9. The van der Waals surface area contributed by atoms with Gasteiger partial charge in [-0.15, -0.1) is 11.3 Å². The molecule has 108 valence electrons. The Bertz CT molecular complexity index is 653. The van der Waals surface area contributed by atoms with Crippen molar-refractivity contribution in [2.75, 3.05) is 13.7 Å². The molecule has 2 heterocycles. The van der Waals surface area contributed by atoms with E-state index in [4.69, 9.17) is 5.11 Å². The first-order valence-electron chi connectivity index (χ1n) is 6.09. The highest BCUT2D eigenvalue weighted by Gasteiger charge is 2.22. The van der Waals surface area contributed by atoms with Crippen molar-refractivity contribution in [3.05, 3.63) is 47.1 Å². The number of sulfonamides is 1. The summed E-state index contributed by atoms with van der Waals surface area (Å²) in [6.45, 7) is 0.301. The minimum absolute atomic E-state index is 0.0194. The molecule has 2 aromatic rings. The Morgan fingerprint density at radius 2 is 2.15 bits per heavy atom. The second-order valence-corrected chi connectivity index (χ2v) is 7.76. The van der Waals surface area contributed by atoms with E-state index in [0.29, 0.717) is 10.6 Å². The summed E-state index contributed by atoms with van der Waals surface area (Å²) < 4.78 is 26.4. The third kappa shape index (κ3) is 3.43. The lowest BCUT2D eigenvalue weighted by atomic mass is 10.3. The minimum atomic E-state index is -3.49. The van der Waals surface area contributed by atoms with Gasteiger partial charge in [0.1, 0.15) is 4.21 Å². The first-order valence-corrected chi connectivity index (χ1v) is 8.34. The van der Waals surface area contributed by atoms with E-state index >= 15 is 0 Å². The largest absolute Gasteiger partial charge is 0.396 e. The van der Waals surface area contributed by atoms with E-state index in [1.807, 2.05) is 6.07 Å². The van der Waals surface area contributed by atoms with Crippen LogP contribution in [-0.2, 0) is 23.0 Å². The van der Waals surface area contributed by atoms with Crippen LogP contribution in [0.1, 0.15) is 10.4 Å². The predicted molar refractivity (Wildman–Crippen MR) is 78.0 cm³/mol. The lowest BCUT2D eigenvalue weighted by molar-refractivity contribution is 0.300. The summed E-state index contributed by atoms with van der Waals surface area (Å²) in [6, 6.07) is 6.95. The Morgan fingerprint density at radius 3 is 2.80 bits per heavy atom. The molecule has 20 heavy (non-hydrogen) atoms. The molecule has 2 aromatic heterocycles. The van der Waals surface area contributed by atoms with Crippen molar-refractivity contribution < 1.29 is 13.5 Å². The maximum atomic E-state index is 12.4. The van der Waals surface area contributed by atoms with Crippen molar-refractivity contribution in [3.63, 3.8) is 0 Å². The van der Waals surface area contributed by atoms with Crippen LogP contribution in [0.25, 0.3) is 0 Å². The second-order valence-electron chi connectivity index (χ2n) is 4.32. The third-order valence-corrected chi connectivity index (χ3v) is 6.20. The molecule has 0 saturated heterocycles. The first-order chi connectivity index (χ1) is 9.54. The van der Waals surface area contributed by atoms with Gasteiger partial charge in [0.2, 0.25) is 0 Å². The van der Waals surface area contributed by atoms with E-state index in [9.17, 15) is 8.42 Å². The molecular formula is C13H16N2O3S2. The van der Waals surface area contributed by atoms with Gasteiger partial charge in [0.05, 0.1) is 0 Å². The van der Waals surface area contributed by atoms with Crippen molar-refractivity contribution >= 4 is 21.4 Å². The van der Waals surface area contributed by atoms with Gasteiger partial charge < -0.3 is 5.11 Å². The van der Waals surface area contributed by atoms with E-state index in [1.165, 1.54) is 15.6 Å². The van der Waals surface area contributed by atoms with Crippen LogP contribution >= 0.6 is 11.3 Å². The summed E-state index contributed by atoms with van der Waals surface area (Å²) >= 11 is 1.20. The molecule has 0 bridgehead atoms. The van der Waals surface area contributed by atoms with E-state index in [1.54, 1.807) is 37.6 Å². The molecule has 1 N–H and O–H groups in total. The highest BCUT2D eigenvalue weighted by molar-refractivity contribution is 7.91. The SMILES string of the molecule is CN(Cc1cccnc1)S(=O)(=O)c1ccc(CCO)s1. The Balaban J connectivity index is 2.16. The monoisotopic (exact) mass is 312 g/mol. The van der Waals surface area contributed by atoms with Crippen molar-refractivity contribution in [1.29, 1.82) is 0 Å². The van der Waals surface area contributed by atoms with Gasteiger partial charge in [0.15, 0.2) is 0 Å². The Kier molecular flexibility index (Phi) is 4.87. The molecule has 0 amide bonds. The van der Waals surface area contributed by atoms with Crippen LogP contribution in [-0.4, -0.2) is 36.5 Å². The van der Waals surface area contributed by atoms with Crippen LogP contribution in [0.2, 0.25) is 0 Å². The number of hydrogen-bond acceptors (Lipinski definition) is 5. The van der Waals surface area contributed by atoms with E-state index in [-0.39, 0.29) is 13.2 Å². The van der Waals surface area contributed by atoms with Gasteiger partial charge in [-0.1, -0.05) is 6.07 Å². The van der Waals surface area contributed by atoms with E-state index in [0.717, 1.165) is 10.4 Å². The van der Waals surface area contributed by atoms with Gasteiger partial charge in [-0.05, 0) is 23.8 Å². The second kappa shape index (κ2) is 6.45. The summed E-state index contributed by atoms with van der Waals surface area (Å²) in [5.41, 5.74) is 0.839. The maximum absolute atomic E-state index is 12.4. The number of pyridine rings is 1. The quantitative estimate of drug-likeness (QED) is 0.877. The molecule has 0 fully saturated rings. The maximum Gasteiger partial charge on any atom is 0.252 e. The fourth-order valence-corrected chi connectivity index (χ4v) is 4.44. The van der Waals surface area contributed by atoms with Crippen molar-refractivity contribution in [3.8, 4) is 0 Å². The van der Waals surface area contributed by atoms with Crippen LogP contribution in [0, 0.1) is 0 Å². The van der Waals surface area contributed by atoms with Gasteiger partial charge in [-0.25, -0.2) is 8.42 Å². The molecule has 0 aliphatic heterocycles. The van der Waals surface area contributed by atoms with Crippen molar-refractivity contribution in [1.82, 2.24) is 9.29 Å². The standard InChI is InChI=1S/C13H16N2O3S2/c1-15(10-11-3-2-7-14-9-11)20(17,18)13-5-4-12(19-13)6-8-16/h2-5,7,9,16H,6,8,10H2,1H3. The topological polar surface area (TPSA) is 70.5 Å². The fraction of sp³-hybridized carbons (Fsp3) is 0.308. The smallest absolute Gasteiger partial charge is 0.252 e. The molecule has 0 aliphatic rings. The lowest BCUT2D eigenvalue weighted by Crippen LogP contribution is -2.25. The molecule has 7 heteroatoms. The average molecular weight is 312 g/mol. The van der Waals surface area contributed by atoms with Gasteiger partial charge >= 0.3 is 0 Å². The molecule has 0 saturated carbocycles. The average Bonchev–Trinajstić information content (AvgIpc) is 2.89. The summed E-state index contributed by atoms with van der Waals surface area (Å²) in [5.74, 6) is 0. The molecule has 0 radical (unpaired) electrons. The highest BCUT2D eigenvalue weighted by atomic mass is 32.2. The van der Waals surface area contributed by atoms with Crippen LogP contribution < -0.4 is 0 Å². The molecule has 0 aliphatic carbocycles. The number of aliphatic hydroxyl groups excluding tert-OH is 1. The summed E-state index contributed by atoms with van der Waals surface area (Å²) in [4.78, 5) is 4.84. The zero-order valence-corrected chi connectivity index (χ0v) is 12.7. The summed E-state index contributed by atoms with van der Waals surface area (Å²) in [7, 11) is -1.94. The number of aliphatic hydroxyl groups is 1. The Hall–Kier alpha value is -1.28. The van der Waals surface area contributed by atoms with Gasteiger partial charge in [0, 0.05) is 43.9 Å². The predicted octanol–water partition coefficient (Wildman–Crippen LogP) is 1.50. The van der Waals surface area contributed by atoms with Crippen molar-refractivity contribution in [2.45, 2.75) is 17.2 Å². The van der Waals surface area contributed by atoms with Gasteiger partial charge in [-0.2, -0.15) is 4.31 Å². The molecule has 0 atom stereocenters. The number of hydrogen-bond donors (Lipinski definition) is 1. The zero-order chi connectivity index (χ0) is 14.6. The van der Waals surface area contributed by atoms with Crippen LogP contribution in [0.3, 0.4) is 0 Å². The van der Waals surface area contributed by atoms with E-state index in [2.05, 4.69) is 4.98 Å². The van der Waals surface area contributed by atoms with Crippen LogP contribution in [0.15, 0.2) is 40.9 Å². The number of aromatic nitrogens is 1.